The lowest BCUT2D eigenvalue weighted by molar-refractivity contribution is 0.270. The van der Waals surface area contributed by atoms with Gasteiger partial charge in [-0.05, 0) is 48.2 Å². The van der Waals surface area contributed by atoms with Gasteiger partial charge in [-0.25, -0.2) is 4.98 Å². The summed E-state index contributed by atoms with van der Waals surface area (Å²) in [6.45, 7) is 5.54. The number of hydrogen-bond acceptors (Lipinski definition) is 5. The van der Waals surface area contributed by atoms with Crippen LogP contribution in [0.3, 0.4) is 0 Å². The lowest BCUT2D eigenvalue weighted by atomic mass is 10.0. The maximum absolute atomic E-state index is 4.67. The molecule has 4 nitrogen and oxygen atoms in total. The molecule has 0 saturated heterocycles. The van der Waals surface area contributed by atoms with E-state index in [4.69, 9.17) is 0 Å². The van der Waals surface area contributed by atoms with E-state index in [1.807, 2.05) is 36.2 Å². The Labute approximate surface area is 191 Å². The van der Waals surface area contributed by atoms with Crippen LogP contribution in [0.4, 0.5) is 0 Å². The van der Waals surface area contributed by atoms with Gasteiger partial charge in [0.05, 0.1) is 16.7 Å². The molecule has 1 aliphatic rings. The highest BCUT2D eigenvalue weighted by atomic mass is 32.2. The SMILES string of the molecule is Cc1c(SCCN2CCc3ccccc3C2)ccnc1CSc1nc2ccccc2[nH]1. The molecule has 0 fully saturated rings. The van der Waals surface area contributed by atoms with Crippen LogP contribution in [0.15, 0.2) is 70.8 Å². The topological polar surface area (TPSA) is 44.8 Å². The average Bonchev–Trinajstić information content (AvgIpc) is 3.22. The molecular weight excluding hydrogens is 420 g/mol. The fourth-order valence-corrected chi connectivity index (χ4v) is 6.00. The molecule has 0 radical (unpaired) electrons. The van der Waals surface area contributed by atoms with Crippen molar-refractivity contribution < 1.29 is 0 Å². The van der Waals surface area contributed by atoms with Gasteiger partial charge in [-0.1, -0.05) is 48.2 Å². The Morgan fingerprint density at radius 3 is 2.74 bits per heavy atom. The van der Waals surface area contributed by atoms with Crippen LogP contribution in [-0.2, 0) is 18.7 Å². The number of aromatic nitrogens is 3. The van der Waals surface area contributed by atoms with Crippen LogP contribution >= 0.6 is 23.5 Å². The van der Waals surface area contributed by atoms with E-state index in [0.29, 0.717) is 0 Å². The number of nitrogens with zero attached hydrogens (tertiary/aromatic N) is 3. The summed E-state index contributed by atoms with van der Waals surface area (Å²) in [6.07, 6.45) is 3.11. The first-order valence-corrected chi connectivity index (χ1v) is 12.7. The third-order valence-corrected chi connectivity index (χ3v) is 7.87. The second-order valence-electron chi connectivity index (χ2n) is 7.87. The summed E-state index contributed by atoms with van der Waals surface area (Å²) >= 11 is 3.66. The molecule has 0 atom stereocenters. The first kappa shape index (κ1) is 20.6. The number of hydrogen-bond donors (Lipinski definition) is 1. The maximum atomic E-state index is 4.67. The third kappa shape index (κ3) is 4.81. The second-order valence-corrected chi connectivity index (χ2v) is 9.97. The zero-order valence-corrected chi connectivity index (χ0v) is 19.3. The average molecular weight is 447 g/mol. The van der Waals surface area contributed by atoms with Crippen molar-refractivity contribution in [3.8, 4) is 0 Å². The van der Waals surface area contributed by atoms with Crippen LogP contribution in [0.25, 0.3) is 11.0 Å². The summed E-state index contributed by atoms with van der Waals surface area (Å²) in [5.74, 6) is 1.92. The molecule has 1 aliphatic heterocycles. The summed E-state index contributed by atoms with van der Waals surface area (Å²) in [7, 11) is 0. The van der Waals surface area contributed by atoms with E-state index in [0.717, 1.165) is 59.4 Å². The molecule has 0 spiro atoms. The molecule has 3 heterocycles. The number of para-hydroxylation sites is 2. The highest BCUT2D eigenvalue weighted by Crippen LogP contribution is 2.29. The van der Waals surface area contributed by atoms with Gasteiger partial charge in [0.15, 0.2) is 5.16 Å². The van der Waals surface area contributed by atoms with Crippen LogP contribution in [0.1, 0.15) is 22.4 Å². The zero-order valence-electron chi connectivity index (χ0n) is 17.7. The summed E-state index contributed by atoms with van der Waals surface area (Å²) in [4.78, 5) is 16.6. The predicted octanol–water partition coefficient (Wildman–Crippen LogP) is 5.71. The molecule has 2 aromatic carbocycles. The number of imidazole rings is 1. The molecule has 5 rings (SSSR count). The quantitative estimate of drug-likeness (QED) is 0.369. The Morgan fingerprint density at radius 2 is 1.84 bits per heavy atom. The van der Waals surface area contributed by atoms with Gasteiger partial charge >= 0.3 is 0 Å². The minimum Gasteiger partial charge on any atom is -0.333 e. The van der Waals surface area contributed by atoms with Crippen LogP contribution in [-0.4, -0.2) is 38.7 Å². The highest BCUT2D eigenvalue weighted by molar-refractivity contribution is 7.99. The van der Waals surface area contributed by atoms with Gasteiger partial charge < -0.3 is 4.98 Å². The van der Waals surface area contributed by atoms with Crippen molar-refractivity contribution in [3.05, 3.63) is 83.2 Å². The molecule has 4 aromatic rings. The van der Waals surface area contributed by atoms with Gasteiger partial charge in [0.2, 0.25) is 0 Å². The minimum absolute atomic E-state index is 0.822. The van der Waals surface area contributed by atoms with Crippen molar-refractivity contribution in [2.45, 2.75) is 35.7 Å². The molecule has 0 unspecified atom stereocenters. The van der Waals surface area contributed by atoms with Gasteiger partial charge in [-0.3, -0.25) is 9.88 Å². The molecule has 0 bridgehead atoms. The van der Waals surface area contributed by atoms with E-state index in [-0.39, 0.29) is 0 Å². The molecule has 158 valence electrons. The van der Waals surface area contributed by atoms with E-state index < -0.39 is 0 Å². The van der Waals surface area contributed by atoms with Crippen molar-refractivity contribution in [2.75, 3.05) is 18.8 Å². The maximum Gasteiger partial charge on any atom is 0.166 e. The first-order chi connectivity index (χ1) is 15.3. The Hall–Kier alpha value is -2.28. The van der Waals surface area contributed by atoms with Gasteiger partial charge in [-0.2, -0.15) is 0 Å². The van der Waals surface area contributed by atoms with Gasteiger partial charge in [0, 0.05) is 42.2 Å². The zero-order chi connectivity index (χ0) is 21.0. The second kappa shape index (κ2) is 9.47. The normalized spacial score (nSPS) is 14.1. The number of H-pyrrole nitrogens is 1. The smallest absolute Gasteiger partial charge is 0.166 e. The standard InChI is InChI=1S/C25H26N4S2/c1-18-23(17-31-25-27-21-8-4-5-9-22(21)28-25)26-12-10-24(18)30-15-14-29-13-11-19-6-2-3-7-20(19)16-29/h2-10,12H,11,13-17H2,1H3,(H,27,28). The fourth-order valence-electron chi connectivity index (χ4n) is 4.03. The molecule has 0 amide bonds. The van der Waals surface area contributed by atoms with E-state index in [1.165, 1.54) is 21.6 Å². The third-order valence-electron chi connectivity index (χ3n) is 5.85. The summed E-state index contributed by atoms with van der Waals surface area (Å²) in [5, 5.41) is 0.950. The van der Waals surface area contributed by atoms with Crippen LogP contribution < -0.4 is 0 Å². The number of rotatable bonds is 7. The van der Waals surface area contributed by atoms with Crippen LogP contribution in [0, 0.1) is 6.92 Å². The largest absolute Gasteiger partial charge is 0.333 e. The number of aromatic amines is 1. The lowest BCUT2D eigenvalue weighted by Crippen LogP contribution is -2.32. The molecular formula is C25H26N4S2. The number of thioether (sulfide) groups is 2. The molecule has 6 heteroatoms. The molecule has 31 heavy (non-hydrogen) atoms. The number of nitrogens with one attached hydrogen (secondary N) is 1. The van der Waals surface area contributed by atoms with E-state index in [2.05, 4.69) is 63.2 Å². The van der Waals surface area contributed by atoms with Crippen molar-refractivity contribution in [1.82, 2.24) is 19.9 Å². The van der Waals surface area contributed by atoms with Gasteiger partial charge in [0.25, 0.3) is 0 Å². The number of benzene rings is 2. The van der Waals surface area contributed by atoms with E-state index >= 15 is 0 Å². The number of pyridine rings is 1. The Kier molecular flexibility index (Phi) is 6.30. The van der Waals surface area contributed by atoms with Crippen molar-refractivity contribution in [1.29, 1.82) is 0 Å². The highest BCUT2D eigenvalue weighted by Gasteiger charge is 2.15. The minimum atomic E-state index is 0.822. The van der Waals surface area contributed by atoms with Crippen molar-refractivity contribution >= 4 is 34.6 Å². The van der Waals surface area contributed by atoms with Crippen molar-refractivity contribution in [3.63, 3.8) is 0 Å². The molecule has 0 aliphatic carbocycles. The summed E-state index contributed by atoms with van der Waals surface area (Å²) in [5.41, 5.74) is 7.54. The first-order valence-electron chi connectivity index (χ1n) is 10.7. The summed E-state index contributed by atoms with van der Waals surface area (Å²) < 4.78 is 0. The summed E-state index contributed by atoms with van der Waals surface area (Å²) in [6, 6.07) is 19.2. The molecule has 1 N–H and O–H groups in total. The van der Waals surface area contributed by atoms with Crippen molar-refractivity contribution in [2.24, 2.45) is 0 Å². The monoisotopic (exact) mass is 446 g/mol. The predicted molar refractivity (Wildman–Crippen MR) is 131 cm³/mol. The molecule has 2 aromatic heterocycles. The van der Waals surface area contributed by atoms with E-state index in [9.17, 15) is 0 Å². The fraction of sp³-hybridized carbons (Fsp3) is 0.280. The Balaban J connectivity index is 1.17. The number of fused-ring (bicyclic) bond motifs is 2. The van der Waals surface area contributed by atoms with Gasteiger partial charge in [-0.15, -0.1) is 11.8 Å². The molecule has 0 saturated carbocycles. The van der Waals surface area contributed by atoms with Crippen LogP contribution in [0.5, 0.6) is 0 Å². The Bertz CT molecular complexity index is 1150. The van der Waals surface area contributed by atoms with Crippen LogP contribution in [0.2, 0.25) is 0 Å². The van der Waals surface area contributed by atoms with E-state index in [1.54, 1.807) is 11.8 Å². The lowest BCUT2D eigenvalue weighted by Gasteiger charge is -2.28. The van der Waals surface area contributed by atoms with Gasteiger partial charge in [0.1, 0.15) is 0 Å². The Morgan fingerprint density at radius 1 is 1.00 bits per heavy atom.